The van der Waals surface area contributed by atoms with Crippen LogP contribution in [0.5, 0.6) is 11.6 Å². The number of pyridine rings is 1. The Morgan fingerprint density at radius 1 is 1.23 bits per heavy atom. The van der Waals surface area contributed by atoms with Gasteiger partial charge in [0.1, 0.15) is 25.1 Å². The zero-order chi connectivity index (χ0) is 24.4. The molecule has 0 bridgehead atoms. The summed E-state index contributed by atoms with van der Waals surface area (Å²) in [4.78, 5) is 17.2. The first kappa shape index (κ1) is 23.2. The first-order valence-corrected chi connectivity index (χ1v) is 11.2. The Balaban J connectivity index is 1.19. The van der Waals surface area contributed by atoms with Crippen molar-refractivity contribution in [3.05, 3.63) is 59.9 Å². The third-order valence-corrected chi connectivity index (χ3v) is 5.76. The van der Waals surface area contributed by atoms with Crippen molar-refractivity contribution >= 4 is 5.91 Å². The zero-order valence-corrected chi connectivity index (χ0v) is 18.6. The Kier molecular flexibility index (Phi) is 6.33. The summed E-state index contributed by atoms with van der Waals surface area (Å²) < 4.78 is 54.6. The predicted molar refractivity (Wildman–Crippen MR) is 118 cm³/mol. The van der Waals surface area contributed by atoms with Crippen LogP contribution in [0.15, 0.2) is 48.7 Å². The Morgan fingerprint density at radius 2 is 2.11 bits per heavy atom. The second-order valence-electron chi connectivity index (χ2n) is 8.47. The van der Waals surface area contributed by atoms with Crippen LogP contribution in [0, 0.1) is 0 Å². The summed E-state index contributed by atoms with van der Waals surface area (Å²) in [6.45, 7) is -0.773. The van der Waals surface area contributed by atoms with Crippen molar-refractivity contribution < 1.29 is 32.2 Å². The molecule has 11 heteroatoms. The van der Waals surface area contributed by atoms with Crippen molar-refractivity contribution in [2.24, 2.45) is 0 Å². The van der Waals surface area contributed by atoms with Gasteiger partial charge in [-0.1, -0.05) is 6.07 Å². The van der Waals surface area contributed by atoms with Gasteiger partial charge in [0, 0.05) is 30.8 Å². The van der Waals surface area contributed by atoms with E-state index in [2.05, 4.69) is 15.4 Å². The van der Waals surface area contributed by atoms with Crippen LogP contribution in [-0.4, -0.2) is 58.8 Å². The molecule has 0 aliphatic carbocycles. The molecular weight excluding hydrogens is 465 g/mol. The quantitative estimate of drug-likeness (QED) is 0.572. The van der Waals surface area contributed by atoms with E-state index in [0.29, 0.717) is 31.9 Å². The van der Waals surface area contributed by atoms with Crippen LogP contribution in [0.25, 0.3) is 11.3 Å². The van der Waals surface area contributed by atoms with Crippen LogP contribution in [0.3, 0.4) is 0 Å². The Hall–Kier alpha value is -3.60. The molecule has 2 atom stereocenters. The number of hydrogen-bond donors (Lipinski definition) is 1. The predicted octanol–water partition coefficient (Wildman–Crippen LogP) is 3.41. The van der Waals surface area contributed by atoms with E-state index < -0.39 is 18.9 Å². The molecule has 1 unspecified atom stereocenters. The van der Waals surface area contributed by atoms with Crippen molar-refractivity contribution in [1.82, 2.24) is 20.1 Å². The molecular formula is C24H23F3N4O4. The molecule has 0 fully saturated rings. The van der Waals surface area contributed by atoms with Gasteiger partial charge in [-0.15, -0.1) is 0 Å². The number of hydrogen-bond acceptors (Lipinski definition) is 6. The number of carbonyl (C=O) groups excluding carboxylic acids is 1. The standard InChI is InChI=1S/C24H23F3N4O4/c25-24(26,27)14-33-13-18-6-8-31-22(35-18)11-20(30-31)23(32)29-17-10-16-9-15(4-5-21(16)34-12-17)19-3-1-2-7-28-19/h1-5,7,9,11,17-18H,6,8,10,12-14H2,(H,29,32)/t17-,18?/m1/s1. The van der Waals surface area contributed by atoms with Crippen molar-refractivity contribution in [2.75, 3.05) is 19.8 Å². The number of carbonyl (C=O) groups is 1. The molecule has 184 valence electrons. The van der Waals surface area contributed by atoms with Gasteiger partial charge in [0.25, 0.3) is 5.91 Å². The number of fused-ring (bicyclic) bond motifs is 2. The molecule has 8 nitrogen and oxygen atoms in total. The molecule has 1 N–H and O–H groups in total. The van der Waals surface area contributed by atoms with E-state index in [0.717, 1.165) is 22.6 Å². The Labute approximate surface area is 199 Å². The van der Waals surface area contributed by atoms with Gasteiger partial charge >= 0.3 is 6.18 Å². The highest BCUT2D eigenvalue weighted by molar-refractivity contribution is 5.92. The highest BCUT2D eigenvalue weighted by Crippen LogP contribution is 2.30. The van der Waals surface area contributed by atoms with Gasteiger partial charge in [-0.2, -0.15) is 18.3 Å². The largest absolute Gasteiger partial charge is 0.491 e. The number of alkyl halides is 3. The van der Waals surface area contributed by atoms with Crippen LogP contribution < -0.4 is 14.8 Å². The highest BCUT2D eigenvalue weighted by atomic mass is 19.4. The molecule has 1 aromatic carbocycles. The maximum Gasteiger partial charge on any atom is 0.411 e. The summed E-state index contributed by atoms with van der Waals surface area (Å²) in [5.41, 5.74) is 2.96. The van der Waals surface area contributed by atoms with Gasteiger partial charge in [0.15, 0.2) is 5.69 Å². The van der Waals surface area contributed by atoms with Crippen molar-refractivity contribution in [3.8, 4) is 22.9 Å². The van der Waals surface area contributed by atoms with Gasteiger partial charge in [0.2, 0.25) is 5.88 Å². The third kappa shape index (κ3) is 5.56. The van der Waals surface area contributed by atoms with Gasteiger partial charge in [0.05, 0.1) is 18.3 Å². The fourth-order valence-electron chi connectivity index (χ4n) is 4.12. The number of ether oxygens (including phenoxy) is 3. The minimum atomic E-state index is -4.38. The maximum atomic E-state index is 12.8. The average Bonchev–Trinajstić information content (AvgIpc) is 3.27. The Morgan fingerprint density at radius 3 is 2.91 bits per heavy atom. The zero-order valence-electron chi connectivity index (χ0n) is 18.6. The first-order chi connectivity index (χ1) is 16.8. The van der Waals surface area contributed by atoms with E-state index in [9.17, 15) is 18.0 Å². The van der Waals surface area contributed by atoms with Crippen molar-refractivity contribution in [3.63, 3.8) is 0 Å². The summed E-state index contributed by atoms with van der Waals surface area (Å²) in [6, 6.07) is 12.8. The minimum absolute atomic E-state index is 0.171. The van der Waals surface area contributed by atoms with Crippen LogP contribution >= 0.6 is 0 Å². The molecule has 1 amide bonds. The highest BCUT2D eigenvalue weighted by Gasteiger charge is 2.30. The molecule has 0 saturated heterocycles. The molecule has 5 rings (SSSR count). The van der Waals surface area contributed by atoms with E-state index in [-0.39, 0.29) is 24.2 Å². The number of aromatic nitrogens is 3. The van der Waals surface area contributed by atoms with Crippen molar-refractivity contribution in [2.45, 2.75) is 37.7 Å². The van der Waals surface area contributed by atoms with Crippen LogP contribution in [0.2, 0.25) is 0 Å². The first-order valence-electron chi connectivity index (χ1n) is 11.2. The molecule has 35 heavy (non-hydrogen) atoms. The third-order valence-electron chi connectivity index (χ3n) is 5.76. The summed E-state index contributed by atoms with van der Waals surface area (Å²) >= 11 is 0. The van der Waals surface area contributed by atoms with Crippen LogP contribution in [0.4, 0.5) is 13.2 Å². The summed E-state index contributed by atoms with van der Waals surface area (Å²) in [5.74, 6) is 0.727. The van der Waals surface area contributed by atoms with Gasteiger partial charge in [-0.3, -0.25) is 9.78 Å². The molecule has 0 saturated carbocycles. The molecule has 3 aromatic rings. The monoisotopic (exact) mass is 488 g/mol. The number of nitrogens with zero attached hydrogens (tertiary/aromatic N) is 3. The molecule has 0 spiro atoms. The number of halogens is 3. The topological polar surface area (TPSA) is 87.5 Å². The summed E-state index contributed by atoms with van der Waals surface area (Å²) in [6.07, 6.45) is -2.16. The normalized spacial score (nSPS) is 19.2. The average molecular weight is 488 g/mol. The fourth-order valence-corrected chi connectivity index (χ4v) is 4.12. The van der Waals surface area contributed by atoms with Gasteiger partial charge in [-0.25, -0.2) is 4.68 Å². The lowest BCUT2D eigenvalue weighted by Crippen LogP contribution is -2.42. The number of nitrogens with one attached hydrogen (secondary N) is 1. The fraction of sp³-hybridized carbons (Fsp3) is 0.375. The second-order valence-corrected chi connectivity index (χ2v) is 8.47. The lowest BCUT2D eigenvalue weighted by atomic mass is 9.99. The lowest BCUT2D eigenvalue weighted by Gasteiger charge is -2.26. The van der Waals surface area contributed by atoms with Gasteiger partial charge in [-0.05, 0) is 42.3 Å². The lowest BCUT2D eigenvalue weighted by molar-refractivity contribution is -0.179. The molecule has 2 aliphatic heterocycles. The summed E-state index contributed by atoms with van der Waals surface area (Å²) in [7, 11) is 0. The van der Waals surface area contributed by atoms with E-state index >= 15 is 0 Å². The molecule has 4 heterocycles. The van der Waals surface area contributed by atoms with E-state index in [1.807, 2.05) is 36.4 Å². The molecule has 0 radical (unpaired) electrons. The maximum absolute atomic E-state index is 12.8. The number of amides is 1. The number of benzene rings is 1. The SMILES string of the molecule is O=C(N[C@H]1COc2ccc(-c3ccccn3)cc2C1)c1cc2n(n1)CCC(COCC(F)(F)F)O2. The van der Waals surface area contributed by atoms with Crippen LogP contribution in [-0.2, 0) is 17.7 Å². The minimum Gasteiger partial charge on any atom is -0.491 e. The van der Waals surface area contributed by atoms with E-state index in [1.165, 1.54) is 10.7 Å². The van der Waals surface area contributed by atoms with Crippen molar-refractivity contribution in [1.29, 1.82) is 0 Å². The van der Waals surface area contributed by atoms with Gasteiger partial charge < -0.3 is 19.5 Å². The smallest absolute Gasteiger partial charge is 0.411 e. The molecule has 2 aliphatic rings. The van der Waals surface area contributed by atoms with Crippen LogP contribution in [0.1, 0.15) is 22.5 Å². The molecule has 2 aromatic heterocycles. The number of aryl methyl sites for hydroxylation is 1. The van der Waals surface area contributed by atoms with E-state index in [1.54, 1.807) is 6.20 Å². The summed E-state index contributed by atoms with van der Waals surface area (Å²) in [5, 5.41) is 7.22. The second kappa shape index (κ2) is 9.57. The van der Waals surface area contributed by atoms with E-state index in [4.69, 9.17) is 14.2 Å². The number of rotatable bonds is 6. The Bertz CT molecular complexity index is 1200.